The molecule has 20 heavy (non-hydrogen) atoms. The van der Waals surface area contributed by atoms with Crippen molar-refractivity contribution in [2.24, 2.45) is 5.41 Å². The van der Waals surface area contributed by atoms with Crippen molar-refractivity contribution in [3.63, 3.8) is 0 Å². The average molecular weight is 300 g/mol. The highest BCUT2D eigenvalue weighted by atomic mass is 35.5. The fourth-order valence-electron chi connectivity index (χ4n) is 2.88. The van der Waals surface area contributed by atoms with Gasteiger partial charge < -0.3 is 5.11 Å². The van der Waals surface area contributed by atoms with Crippen LogP contribution in [0.3, 0.4) is 0 Å². The number of aliphatic carboxylic acids is 1. The van der Waals surface area contributed by atoms with Gasteiger partial charge in [0.2, 0.25) is 0 Å². The highest BCUT2D eigenvalue weighted by Crippen LogP contribution is 2.34. The summed E-state index contributed by atoms with van der Waals surface area (Å²) in [5, 5.41) is 9.98. The third-order valence-electron chi connectivity index (χ3n) is 4.19. The molecule has 1 atom stereocenters. The van der Waals surface area contributed by atoms with Gasteiger partial charge in [0, 0.05) is 18.1 Å². The number of halogens is 2. The maximum absolute atomic E-state index is 13.3. The molecule has 1 aliphatic rings. The van der Waals surface area contributed by atoms with Crippen molar-refractivity contribution >= 4 is 17.6 Å². The van der Waals surface area contributed by atoms with Crippen LogP contribution < -0.4 is 0 Å². The Morgan fingerprint density at radius 3 is 2.95 bits per heavy atom. The number of benzene rings is 1. The minimum absolute atomic E-state index is 0.318. The molecule has 1 N–H and O–H groups in total. The number of nitrogens with zero attached hydrogens (tertiary/aromatic N) is 1. The molecule has 1 saturated heterocycles. The van der Waals surface area contributed by atoms with Crippen molar-refractivity contribution in [2.75, 3.05) is 13.1 Å². The molecule has 1 aromatic carbocycles. The Balaban J connectivity index is 2.13. The summed E-state index contributed by atoms with van der Waals surface area (Å²) in [5.74, 6) is -1.06. The van der Waals surface area contributed by atoms with Crippen molar-refractivity contribution in [2.45, 2.75) is 32.7 Å². The number of hydrogen-bond donors (Lipinski definition) is 1. The first-order chi connectivity index (χ1) is 9.47. The molecule has 1 aliphatic heterocycles. The Morgan fingerprint density at radius 2 is 2.30 bits per heavy atom. The number of rotatable bonds is 4. The summed E-state index contributed by atoms with van der Waals surface area (Å²) in [5.41, 5.74) is 0.0295. The lowest BCUT2D eigenvalue weighted by Gasteiger charge is -2.39. The van der Waals surface area contributed by atoms with E-state index < -0.39 is 11.4 Å². The predicted molar refractivity (Wildman–Crippen MR) is 76.3 cm³/mol. The number of piperidine rings is 1. The first kappa shape index (κ1) is 15.3. The first-order valence-electron chi connectivity index (χ1n) is 6.86. The second-order valence-corrected chi connectivity index (χ2v) is 5.90. The molecular formula is C15H19ClFNO2. The fraction of sp³-hybridized carbons (Fsp3) is 0.533. The zero-order valence-electron chi connectivity index (χ0n) is 11.5. The molecule has 0 radical (unpaired) electrons. The largest absolute Gasteiger partial charge is 0.481 e. The molecule has 5 heteroatoms. The summed E-state index contributed by atoms with van der Waals surface area (Å²) < 4.78 is 13.3. The lowest BCUT2D eigenvalue weighted by molar-refractivity contribution is -0.153. The van der Waals surface area contributed by atoms with Crippen LogP contribution in [0.25, 0.3) is 0 Å². The van der Waals surface area contributed by atoms with E-state index >= 15 is 0 Å². The average Bonchev–Trinajstić information content (AvgIpc) is 2.43. The highest BCUT2D eigenvalue weighted by molar-refractivity contribution is 6.31. The van der Waals surface area contributed by atoms with E-state index in [4.69, 9.17) is 11.6 Å². The van der Waals surface area contributed by atoms with Crippen LogP contribution in [0.15, 0.2) is 18.2 Å². The van der Waals surface area contributed by atoms with Gasteiger partial charge in [0.1, 0.15) is 5.82 Å². The molecule has 3 nitrogen and oxygen atoms in total. The van der Waals surface area contributed by atoms with Gasteiger partial charge in [-0.25, -0.2) is 4.39 Å². The number of carbonyl (C=O) groups is 1. The molecular weight excluding hydrogens is 281 g/mol. The summed E-state index contributed by atoms with van der Waals surface area (Å²) in [6.45, 7) is 3.71. The molecule has 0 saturated carbocycles. The highest BCUT2D eigenvalue weighted by Gasteiger charge is 2.40. The van der Waals surface area contributed by atoms with Gasteiger partial charge in [-0.1, -0.05) is 18.5 Å². The van der Waals surface area contributed by atoms with Crippen LogP contribution in [0.2, 0.25) is 5.02 Å². The van der Waals surface area contributed by atoms with E-state index in [0.717, 1.165) is 13.0 Å². The number of hydrogen-bond acceptors (Lipinski definition) is 2. The van der Waals surface area contributed by atoms with Crippen LogP contribution in [0.4, 0.5) is 4.39 Å². The number of carboxylic acid groups (broad SMARTS) is 1. The summed E-state index contributed by atoms with van der Waals surface area (Å²) in [6.07, 6.45) is 2.15. The molecule has 0 aromatic heterocycles. The summed E-state index contributed by atoms with van der Waals surface area (Å²) >= 11 is 6.07. The Kier molecular flexibility index (Phi) is 4.66. The van der Waals surface area contributed by atoms with E-state index in [-0.39, 0.29) is 5.82 Å². The van der Waals surface area contributed by atoms with Crippen LogP contribution in [0, 0.1) is 11.2 Å². The SMILES string of the molecule is CCC1(C(=O)O)CCCN(Cc2cc(F)ccc2Cl)C1. The van der Waals surface area contributed by atoms with Gasteiger partial charge in [0.25, 0.3) is 0 Å². The second kappa shape index (κ2) is 6.10. The Morgan fingerprint density at radius 1 is 1.55 bits per heavy atom. The smallest absolute Gasteiger partial charge is 0.310 e. The standard InChI is InChI=1S/C15H19ClFNO2/c1-2-15(14(19)20)6-3-7-18(10-15)9-11-8-12(17)4-5-13(11)16/h4-5,8H,2-3,6-7,9-10H2,1H3,(H,19,20). The molecule has 1 heterocycles. The number of likely N-dealkylation sites (tertiary alicyclic amines) is 1. The summed E-state index contributed by atoms with van der Waals surface area (Å²) in [4.78, 5) is 13.6. The normalized spacial score (nSPS) is 23.8. The van der Waals surface area contributed by atoms with Crippen LogP contribution in [0.1, 0.15) is 31.7 Å². The lowest BCUT2D eigenvalue weighted by atomic mass is 9.77. The van der Waals surface area contributed by atoms with Crippen LogP contribution in [-0.4, -0.2) is 29.1 Å². The Hall–Kier alpha value is -1.13. The minimum atomic E-state index is -0.741. The van der Waals surface area contributed by atoms with Crippen LogP contribution in [0.5, 0.6) is 0 Å². The fourth-order valence-corrected chi connectivity index (χ4v) is 3.06. The van der Waals surface area contributed by atoms with Crippen LogP contribution >= 0.6 is 11.6 Å². The molecule has 110 valence electrons. The summed E-state index contributed by atoms with van der Waals surface area (Å²) in [7, 11) is 0. The van der Waals surface area contributed by atoms with Gasteiger partial charge in [0.15, 0.2) is 0 Å². The van der Waals surface area contributed by atoms with E-state index in [9.17, 15) is 14.3 Å². The van der Waals surface area contributed by atoms with E-state index in [1.807, 2.05) is 6.92 Å². The van der Waals surface area contributed by atoms with Gasteiger partial charge in [-0.3, -0.25) is 9.69 Å². The van der Waals surface area contributed by atoms with E-state index in [0.29, 0.717) is 36.5 Å². The van der Waals surface area contributed by atoms with Gasteiger partial charge in [0.05, 0.1) is 5.41 Å². The molecule has 0 amide bonds. The Labute approximate surface area is 123 Å². The number of carboxylic acids is 1. The predicted octanol–water partition coefficient (Wildman–Crippen LogP) is 3.56. The third-order valence-corrected chi connectivity index (χ3v) is 4.56. The zero-order valence-corrected chi connectivity index (χ0v) is 12.3. The van der Waals surface area contributed by atoms with Crippen molar-refractivity contribution in [3.05, 3.63) is 34.6 Å². The molecule has 1 aromatic rings. The first-order valence-corrected chi connectivity index (χ1v) is 7.24. The van der Waals surface area contributed by atoms with Gasteiger partial charge in [-0.2, -0.15) is 0 Å². The zero-order chi connectivity index (χ0) is 14.8. The molecule has 1 fully saturated rings. The quantitative estimate of drug-likeness (QED) is 0.924. The van der Waals surface area contributed by atoms with Gasteiger partial charge in [-0.05, 0) is 49.6 Å². The third kappa shape index (κ3) is 3.13. The topological polar surface area (TPSA) is 40.5 Å². The van der Waals surface area contributed by atoms with E-state index in [1.165, 1.54) is 12.1 Å². The lowest BCUT2D eigenvalue weighted by Crippen LogP contribution is -2.47. The Bertz CT molecular complexity index is 509. The van der Waals surface area contributed by atoms with E-state index in [1.54, 1.807) is 6.07 Å². The minimum Gasteiger partial charge on any atom is -0.481 e. The summed E-state index contributed by atoms with van der Waals surface area (Å²) in [6, 6.07) is 4.29. The molecule has 0 aliphatic carbocycles. The van der Waals surface area contributed by atoms with Crippen molar-refractivity contribution in [1.29, 1.82) is 0 Å². The maximum atomic E-state index is 13.3. The van der Waals surface area contributed by atoms with Crippen molar-refractivity contribution < 1.29 is 14.3 Å². The molecule has 1 unspecified atom stereocenters. The van der Waals surface area contributed by atoms with Crippen molar-refractivity contribution in [3.8, 4) is 0 Å². The van der Waals surface area contributed by atoms with E-state index in [2.05, 4.69) is 4.90 Å². The van der Waals surface area contributed by atoms with Gasteiger partial charge in [-0.15, -0.1) is 0 Å². The monoisotopic (exact) mass is 299 g/mol. The van der Waals surface area contributed by atoms with Crippen LogP contribution in [-0.2, 0) is 11.3 Å². The van der Waals surface area contributed by atoms with Gasteiger partial charge >= 0.3 is 5.97 Å². The molecule has 2 rings (SSSR count). The molecule has 0 bridgehead atoms. The molecule has 0 spiro atoms. The van der Waals surface area contributed by atoms with Crippen molar-refractivity contribution in [1.82, 2.24) is 4.90 Å². The maximum Gasteiger partial charge on any atom is 0.310 e. The second-order valence-electron chi connectivity index (χ2n) is 5.49.